The van der Waals surface area contributed by atoms with E-state index in [4.69, 9.17) is 5.73 Å². The van der Waals surface area contributed by atoms with Gasteiger partial charge in [-0.25, -0.2) is 4.39 Å². The van der Waals surface area contributed by atoms with E-state index in [1.54, 1.807) is 6.07 Å². The minimum absolute atomic E-state index is 0.205. The number of benzene rings is 1. The highest BCUT2D eigenvalue weighted by Gasteiger charge is 2.15. The van der Waals surface area contributed by atoms with Crippen LogP contribution in [0.3, 0.4) is 0 Å². The summed E-state index contributed by atoms with van der Waals surface area (Å²) in [5, 5.41) is 3.42. The van der Waals surface area contributed by atoms with E-state index in [0.29, 0.717) is 11.6 Å². The van der Waals surface area contributed by atoms with Crippen molar-refractivity contribution in [2.24, 2.45) is 5.73 Å². The molecule has 3 N–H and O–H groups in total. The number of rotatable bonds is 3. The Morgan fingerprint density at radius 2 is 2.00 bits per heavy atom. The molecule has 0 heterocycles. The molecular weight excluding hydrogens is 203 g/mol. The molecule has 0 aliphatic heterocycles. The summed E-state index contributed by atoms with van der Waals surface area (Å²) in [6.45, 7) is 0.252. The summed E-state index contributed by atoms with van der Waals surface area (Å²) in [4.78, 5) is 0. The predicted octanol–water partition coefficient (Wildman–Crippen LogP) is 3.03. The third kappa shape index (κ3) is 2.53. The van der Waals surface area contributed by atoms with Crippen LogP contribution in [0.1, 0.15) is 37.7 Å². The Bertz CT molecular complexity index is 346. The lowest BCUT2D eigenvalue weighted by atomic mass is 9.95. The first-order chi connectivity index (χ1) is 7.81. The molecule has 0 atom stereocenters. The van der Waals surface area contributed by atoms with E-state index in [-0.39, 0.29) is 12.4 Å². The Hall–Kier alpha value is -1.09. The fourth-order valence-corrected chi connectivity index (χ4v) is 2.37. The zero-order chi connectivity index (χ0) is 11.4. The Labute approximate surface area is 96.0 Å². The van der Waals surface area contributed by atoms with Crippen molar-refractivity contribution in [1.29, 1.82) is 0 Å². The number of nitrogens with two attached hydrogens (primary N) is 1. The van der Waals surface area contributed by atoms with E-state index in [1.807, 2.05) is 6.07 Å². The molecular formula is C13H19FN2. The van der Waals surface area contributed by atoms with E-state index < -0.39 is 0 Å². The van der Waals surface area contributed by atoms with Gasteiger partial charge in [-0.1, -0.05) is 25.3 Å². The second-order valence-corrected chi connectivity index (χ2v) is 4.45. The van der Waals surface area contributed by atoms with Gasteiger partial charge >= 0.3 is 0 Å². The van der Waals surface area contributed by atoms with Crippen molar-refractivity contribution in [1.82, 2.24) is 0 Å². The highest BCUT2D eigenvalue weighted by atomic mass is 19.1. The average Bonchev–Trinajstić information content (AvgIpc) is 2.31. The molecule has 1 aromatic carbocycles. The van der Waals surface area contributed by atoms with Crippen molar-refractivity contribution >= 4 is 5.69 Å². The molecule has 0 unspecified atom stereocenters. The fraction of sp³-hybridized carbons (Fsp3) is 0.538. The third-order valence-corrected chi connectivity index (χ3v) is 3.29. The van der Waals surface area contributed by atoms with Gasteiger partial charge in [0, 0.05) is 23.8 Å². The van der Waals surface area contributed by atoms with Crippen LogP contribution >= 0.6 is 0 Å². The van der Waals surface area contributed by atoms with Gasteiger partial charge in [0.1, 0.15) is 5.82 Å². The summed E-state index contributed by atoms with van der Waals surface area (Å²) in [6, 6.07) is 5.61. The molecule has 0 saturated heterocycles. The lowest BCUT2D eigenvalue weighted by Gasteiger charge is -2.25. The average molecular weight is 222 g/mol. The van der Waals surface area contributed by atoms with Crippen LogP contribution in [-0.4, -0.2) is 6.04 Å². The minimum atomic E-state index is -0.205. The predicted molar refractivity (Wildman–Crippen MR) is 64.8 cm³/mol. The van der Waals surface area contributed by atoms with Gasteiger partial charge in [-0.15, -0.1) is 0 Å². The maximum atomic E-state index is 13.5. The monoisotopic (exact) mass is 222 g/mol. The fourth-order valence-electron chi connectivity index (χ4n) is 2.37. The standard InChI is InChI=1S/C13H19FN2/c14-12-7-4-8-13(11(12)9-15)16-10-5-2-1-3-6-10/h4,7-8,10,16H,1-3,5-6,9,15H2. The van der Waals surface area contributed by atoms with Gasteiger partial charge in [0.25, 0.3) is 0 Å². The molecule has 0 bridgehead atoms. The summed E-state index contributed by atoms with van der Waals surface area (Å²) < 4.78 is 13.5. The maximum absolute atomic E-state index is 13.5. The Balaban J connectivity index is 2.10. The smallest absolute Gasteiger partial charge is 0.129 e. The summed E-state index contributed by atoms with van der Waals surface area (Å²) >= 11 is 0. The first-order valence-electron chi connectivity index (χ1n) is 6.05. The number of anilines is 1. The molecule has 1 aliphatic carbocycles. The SMILES string of the molecule is NCc1c(F)cccc1NC1CCCCC1. The second-order valence-electron chi connectivity index (χ2n) is 4.45. The molecule has 0 radical (unpaired) electrons. The molecule has 1 fully saturated rings. The van der Waals surface area contributed by atoms with Crippen LogP contribution < -0.4 is 11.1 Å². The van der Waals surface area contributed by atoms with E-state index in [9.17, 15) is 4.39 Å². The van der Waals surface area contributed by atoms with Gasteiger partial charge in [-0.05, 0) is 25.0 Å². The summed E-state index contributed by atoms with van der Waals surface area (Å²) in [5.41, 5.74) is 7.05. The highest BCUT2D eigenvalue weighted by Crippen LogP contribution is 2.24. The van der Waals surface area contributed by atoms with Crippen LogP contribution in [0.5, 0.6) is 0 Å². The van der Waals surface area contributed by atoms with Crippen LogP contribution in [0.25, 0.3) is 0 Å². The van der Waals surface area contributed by atoms with Crippen molar-refractivity contribution in [2.45, 2.75) is 44.7 Å². The van der Waals surface area contributed by atoms with E-state index in [0.717, 1.165) is 5.69 Å². The molecule has 2 nitrogen and oxygen atoms in total. The second kappa shape index (κ2) is 5.30. The Morgan fingerprint density at radius 3 is 2.69 bits per heavy atom. The van der Waals surface area contributed by atoms with Crippen molar-refractivity contribution in [3.8, 4) is 0 Å². The normalized spacial score (nSPS) is 17.4. The summed E-state index contributed by atoms with van der Waals surface area (Å²) in [7, 11) is 0. The number of nitrogens with one attached hydrogen (secondary N) is 1. The highest BCUT2D eigenvalue weighted by molar-refractivity contribution is 5.52. The van der Waals surface area contributed by atoms with Crippen LogP contribution in [0.4, 0.5) is 10.1 Å². The summed E-state index contributed by atoms with van der Waals surface area (Å²) in [6.07, 6.45) is 6.22. The zero-order valence-electron chi connectivity index (χ0n) is 9.51. The molecule has 3 heteroatoms. The molecule has 2 rings (SSSR count). The lowest BCUT2D eigenvalue weighted by Crippen LogP contribution is -2.23. The Kier molecular flexibility index (Phi) is 3.78. The first kappa shape index (κ1) is 11.4. The first-order valence-corrected chi connectivity index (χ1v) is 6.05. The number of halogens is 1. The number of hydrogen-bond donors (Lipinski definition) is 2. The Morgan fingerprint density at radius 1 is 1.25 bits per heavy atom. The van der Waals surface area contributed by atoms with Crippen LogP contribution in [0.15, 0.2) is 18.2 Å². The van der Waals surface area contributed by atoms with Gasteiger partial charge < -0.3 is 11.1 Å². The van der Waals surface area contributed by atoms with Gasteiger partial charge in [0.2, 0.25) is 0 Å². The van der Waals surface area contributed by atoms with Crippen LogP contribution in [0.2, 0.25) is 0 Å². The van der Waals surface area contributed by atoms with Gasteiger partial charge in [0.05, 0.1) is 0 Å². The van der Waals surface area contributed by atoms with Crippen molar-refractivity contribution in [3.05, 3.63) is 29.6 Å². The molecule has 16 heavy (non-hydrogen) atoms. The summed E-state index contributed by atoms with van der Waals surface area (Å²) in [5.74, 6) is -0.205. The van der Waals surface area contributed by atoms with Crippen molar-refractivity contribution in [2.75, 3.05) is 5.32 Å². The molecule has 1 aromatic rings. The van der Waals surface area contributed by atoms with E-state index >= 15 is 0 Å². The maximum Gasteiger partial charge on any atom is 0.129 e. The molecule has 0 amide bonds. The van der Waals surface area contributed by atoms with Gasteiger partial charge in [0.15, 0.2) is 0 Å². The topological polar surface area (TPSA) is 38.0 Å². The van der Waals surface area contributed by atoms with E-state index in [1.165, 1.54) is 38.2 Å². The molecule has 0 aromatic heterocycles. The molecule has 1 aliphatic rings. The molecule has 0 spiro atoms. The lowest BCUT2D eigenvalue weighted by molar-refractivity contribution is 0.462. The zero-order valence-corrected chi connectivity index (χ0v) is 9.51. The minimum Gasteiger partial charge on any atom is -0.382 e. The van der Waals surface area contributed by atoms with E-state index in [2.05, 4.69) is 5.32 Å². The quantitative estimate of drug-likeness (QED) is 0.825. The third-order valence-electron chi connectivity index (χ3n) is 3.29. The molecule has 1 saturated carbocycles. The van der Waals surface area contributed by atoms with Crippen molar-refractivity contribution in [3.63, 3.8) is 0 Å². The van der Waals surface area contributed by atoms with Gasteiger partial charge in [-0.3, -0.25) is 0 Å². The molecule has 88 valence electrons. The van der Waals surface area contributed by atoms with Gasteiger partial charge in [-0.2, -0.15) is 0 Å². The van der Waals surface area contributed by atoms with Crippen LogP contribution in [-0.2, 0) is 6.54 Å². The largest absolute Gasteiger partial charge is 0.382 e. The van der Waals surface area contributed by atoms with Crippen LogP contribution in [0, 0.1) is 5.82 Å². The van der Waals surface area contributed by atoms with Crippen molar-refractivity contribution < 1.29 is 4.39 Å². The number of hydrogen-bond acceptors (Lipinski definition) is 2.